The number of aromatic nitrogens is 1. The highest BCUT2D eigenvalue weighted by atomic mass is 32.1. The van der Waals surface area contributed by atoms with Crippen molar-refractivity contribution in [1.29, 1.82) is 0 Å². The molecule has 0 amide bonds. The van der Waals surface area contributed by atoms with Gasteiger partial charge >= 0.3 is 5.97 Å². The van der Waals surface area contributed by atoms with Crippen LogP contribution in [0.4, 0.5) is 0 Å². The fraction of sp³-hybridized carbons (Fsp3) is 0.0588. The van der Waals surface area contributed by atoms with Gasteiger partial charge in [-0.25, -0.2) is 4.98 Å². The Hall–Kier alpha value is -2.73. The van der Waals surface area contributed by atoms with E-state index in [9.17, 15) is 9.90 Å². The van der Waals surface area contributed by atoms with E-state index in [1.54, 1.807) is 12.1 Å². The molecule has 0 saturated carbocycles. The van der Waals surface area contributed by atoms with Crippen LogP contribution in [-0.4, -0.2) is 21.2 Å². The number of carbonyl (C=O) groups is 1. The average Bonchev–Trinajstić information content (AvgIpc) is 3.05. The minimum Gasteiger partial charge on any atom is -0.508 e. The Bertz CT molecular complexity index is 825. The molecule has 1 heterocycles. The van der Waals surface area contributed by atoms with Crippen molar-refractivity contribution < 1.29 is 19.4 Å². The van der Waals surface area contributed by atoms with Crippen LogP contribution < -0.4 is 0 Å². The number of phenolic OH excluding ortho intramolecular Hbond substituents is 1. The third-order valence-electron chi connectivity index (χ3n) is 3.36. The van der Waals surface area contributed by atoms with Gasteiger partial charge in [0.1, 0.15) is 5.75 Å². The van der Waals surface area contributed by atoms with E-state index in [0.717, 1.165) is 16.7 Å². The molecule has 0 saturated heterocycles. The fourth-order valence-corrected chi connectivity index (χ4v) is 2.25. The van der Waals surface area contributed by atoms with Crippen LogP contribution in [0.2, 0.25) is 0 Å². The van der Waals surface area contributed by atoms with Gasteiger partial charge in [0.2, 0.25) is 5.89 Å². The Kier molecular flexibility index (Phi) is 4.08. The predicted molar refractivity (Wildman–Crippen MR) is 88.4 cm³/mol. The number of carboxylic acids is 1. The number of phenols is 1. The van der Waals surface area contributed by atoms with Gasteiger partial charge in [0, 0.05) is 5.56 Å². The van der Waals surface area contributed by atoms with E-state index in [0.29, 0.717) is 5.76 Å². The second-order valence-electron chi connectivity index (χ2n) is 4.93. The molecular weight excluding hydrogens is 314 g/mol. The highest BCUT2D eigenvalue weighted by Gasteiger charge is 2.21. The average molecular weight is 327 g/mol. The van der Waals surface area contributed by atoms with Crippen molar-refractivity contribution in [3.8, 4) is 28.2 Å². The Morgan fingerprint density at radius 3 is 2.09 bits per heavy atom. The van der Waals surface area contributed by atoms with E-state index < -0.39 is 11.2 Å². The molecule has 5 nitrogen and oxygen atoms in total. The Morgan fingerprint density at radius 1 is 1.00 bits per heavy atom. The summed E-state index contributed by atoms with van der Waals surface area (Å²) >= 11 is 3.94. The van der Waals surface area contributed by atoms with Crippen molar-refractivity contribution >= 4 is 18.6 Å². The fourth-order valence-electron chi connectivity index (χ4n) is 2.13. The molecule has 1 aromatic heterocycles. The first kappa shape index (κ1) is 15.2. The first-order valence-electron chi connectivity index (χ1n) is 6.81. The van der Waals surface area contributed by atoms with Gasteiger partial charge in [-0.15, -0.1) is 0 Å². The molecule has 2 N–H and O–H groups in total. The summed E-state index contributed by atoms with van der Waals surface area (Å²) in [6, 6.07) is 14.5. The van der Waals surface area contributed by atoms with Crippen molar-refractivity contribution in [2.24, 2.45) is 0 Å². The molecule has 23 heavy (non-hydrogen) atoms. The number of rotatable bonds is 4. The largest absolute Gasteiger partial charge is 0.508 e. The van der Waals surface area contributed by atoms with Crippen LogP contribution in [0.1, 0.15) is 11.1 Å². The zero-order chi connectivity index (χ0) is 16.4. The van der Waals surface area contributed by atoms with E-state index in [2.05, 4.69) is 17.6 Å². The summed E-state index contributed by atoms with van der Waals surface area (Å²) < 4.78 is 5.45. The summed E-state index contributed by atoms with van der Waals surface area (Å²) in [6.45, 7) is 0. The zero-order valence-electron chi connectivity index (χ0n) is 11.9. The highest BCUT2D eigenvalue weighted by Crippen LogP contribution is 2.28. The molecular formula is C17H13NO4S. The highest BCUT2D eigenvalue weighted by molar-refractivity contribution is 7.81. The monoisotopic (exact) mass is 327 g/mol. The van der Waals surface area contributed by atoms with Crippen molar-refractivity contribution in [3.05, 3.63) is 60.6 Å². The quantitative estimate of drug-likeness (QED) is 0.635. The molecule has 3 rings (SSSR count). The van der Waals surface area contributed by atoms with Crippen LogP contribution in [-0.2, 0) is 4.79 Å². The zero-order valence-corrected chi connectivity index (χ0v) is 12.8. The van der Waals surface area contributed by atoms with Gasteiger partial charge in [-0.1, -0.05) is 36.4 Å². The molecule has 6 heteroatoms. The Balaban J connectivity index is 1.85. The second-order valence-corrected chi connectivity index (χ2v) is 5.44. The summed E-state index contributed by atoms with van der Waals surface area (Å²) in [6.07, 6.45) is 1.48. The molecule has 2 aromatic carbocycles. The SMILES string of the molecule is O=C(O)C(S)c1ncc(-c2ccc(-c3ccc(O)cc3)cc2)o1. The molecule has 1 atom stereocenters. The number of aromatic hydroxyl groups is 1. The smallest absolute Gasteiger partial charge is 0.325 e. The summed E-state index contributed by atoms with van der Waals surface area (Å²) in [5.74, 6) is -0.347. The molecule has 1 unspecified atom stereocenters. The Labute approximate surface area is 137 Å². The standard InChI is InChI=1S/C17H13NO4S/c19-13-7-5-11(6-8-13)10-1-3-12(4-2-10)14-9-18-16(22-14)15(23)17(20)21/h1-9,15,19,23H,(H,20,21). The first-order valence-corrected chi connectivity index (χ1v) is 7.32. The Morgan fingerprint density at radius 2 is 1.52 bits per heavy atom. The summed E-state index contributed by atoms with van der Waals surface area (Å²) in [4.78, 5) is 14.8. The molecule has 0 aliphatic heterocycles. The molecule has 0 fully saturated rings. The summed E-state index contributed by atoms with van der Waals surface area (Å²) in [5.41, 5.74) is 2.76. The van der Waals surface area contributed by atoms with E-state index >= 15 is 0 Å². The van der Waals surface area contributed by atoms with Gasteiger partial charge in [0.05, 0.1) is 6.20 Å². The first-order chi connectivity index (χ1) is 11.0. The number of thiol groups is 1. The van der Waals surface area contributed by atoms with Gasteiger partial charge in [-0.3, -0.25) is 4.79 Å². The number of hydrogen-bond acceptors (Lipinski definition) is 5. The molecule has 0 aliphatic rings. The number of benzene rings is 2. The van der Waals surface area contributed by atoms with Crippen LogP contribution in [0.5, 0.6) is 5.75 Å². The maximum Gasteiger partial charge on any atom is 0.325 e. The normalized spacial score (nSPS) is 12.0. The lowest BCUT2D eigenvalue weighted by molar-refractivity contribution is -0.136. The summed E-state index contributed by atoms with van der Waals surface area (Å²) in [7, 11) is 0. The third kappa shape index (κ3) is 3.22. The van der Waals surface area contributed by atoms with E-state index in [4.69, 9.17) is 9.52 Å². The van der Waals surface area contributed by atoms with Gasteiger partial charge in [-0.2, -0.15) is 12.6 Å². The minimum absolute atomic E-state index is 0.0541. The molecule has 0 radical (unpaired) electrons. The lowest BCUT2D eigenvalue weighted by atomic mass is 10.0. The molecule has 3 aromatic rings. The van der Waals surface area contributed by atoms with Gasteiger partial charge < -0.3 is 14.6 Å². The minimum atomic E-state index is -1.11. The third-order valence-corrected chi connectivity index (χ3v) is 3.80. The predicted octanol–water partition coefficient (Wildman–Crippen LogP) is 3.77. The van der Waals surface area contributed by atoms with Crippen LogP contribution in [0.15, 0.2) is 59.1 Å². The van der Waals surface area contributed by atoms with Gasteiger partial charge in [-0.05, 0) is 23.3 Å². The van der Waals surface area contributed by atoms with Gasteiger partial charge in [0.25, 0.3) is 0 Å². The number of aliphatic carboxylic acids is 1. The second kappa shape index (κ2) is 6.18. The molecule has 0 bridgehead atoms. The van der Waals surface area contributed by atoms with E-state index in [-0.39, 0.29) is 11.6 Å². The molecule has 0 aliphatic carbocycles. The van der Waals surface area contributed by atoms with Crippen molar-refractivity contribution in [1.82, 2.24) is 4.98 Å². The molecule has 0 spiro atoms. The maximum atomic E-state index is 10.9. The summed E-state index contributed by atoms with van der Waals surface area (Å²) in [5, 5.41) is 17.1. The maximum absolute atomic E-state index is 10.9. The number of oxazole rings is 1. The number of nitrogens with zero attached hydrogens (tertiary/aromatic N) is 1. The molecule has 116 valence electrons. The van der Waals surface area contributed by atoms with E-state index in [1.165, 1.54) is 6.20 Å². The lowest BCUT2D eigenvalue weighted by Crippen LogP contribution is -2.04. The van der Waals surface area contributed by atoms with Crippen LogP contribution in [0.25, 0.3) is 22.5 Å². The van der Waals surface area contributed by atoms with E-state index in [1.807, 2.05) is 36.4 Å². The number of carboxylic acid groups (broad SMARTS) is 1. The lowest BCUT2D eigenvalue weighted by Gasteiger charge is -2.03. The van der Waals surface area contributed by atoms with Crippen LogP contribution in [0.3, 0.4) is 0 Å². The topological polar surface area (TPSA) is 83.6 Å². The van der Waals surface area contributed by atoms with Crippen molar-refractivity contribution in [2.45, 2.75) is 5.25 Å². The van der Waals surface area contributed by atoms with Crippen molar-refractivity contribution in [2.75, 3.05) is 0 Å². The van der Waals surface area contributed by atoms with Crippen molar-refractivity contribution in [3.63, 3.8) is 0 Å². The number of hydrogen-bond donors (Lipinski definition) is 3. The van der Waals surface area contributed by atoms with Gasteiger partial charge in [0.15, 0.2) is 11.0 Å². The van der Waals surface area contributed by atoms with Crippen LogP contribution >= 0.6 is 12.6 Å². The van der Waals surface area contributed by atoms with Crippen LogP contribution in [0, 0.1) is 0 Å².